The van der Waals surface area contributed by atoms with Crippen LogP contribution in [0.15, 0.2) is 66.7 Å². The molecule has 1 heteroatoms. The maximum absolute atomic E-state index is 2.35. The van der Waals surface area contributed by atoms with Gasteiger partial charge in [-0.25, -0.2) is 0 Å². The van der Waals surface area contributed by atoms with E-state index in [9.17, 15) is 0 Å². The summed E-state index contributed by atoms with van der Waals surface area (Å²) in [4.78, 5) is 2.35. The Balaban J connectivity index is 1.97. The van der Waals surface area contributed by atoms with Crippen molar-refractivity contribution in [2.24, 2.45) is 0 Å². The number of anilines is 1. The normalized spacial score (nSPS) is 11.3. The summed E-state index contributed by atoms with van der Waals surface area (Å²) in [5, 5.41) is 0. The Labute approximate surface area is 128 Å². The highest BCUT2D eigenvalue weighted by Crippen LogP contribution is 2.15. The number of rotatable bonds is 6. The van der Waals surface area contributed by atoms with Gasteiger partial charge >= 0.3 is 0 Å². The fourth-order valence-electron chi connectivity index (χ4n) is 2.28. The SMILES string of the molecule is CCN(CC)c1ccc(/C=C\C=C\c2ccccc2)cc1. The van der Waals surface area contributed by atoms with Gasteiger partial charge in [0.1, 0.15) is 0 Å². The van der Waals surface area contributed by atoms with Crippen molar-refractivity contribution in [2.45, 2.75) is 13.8 Å². The average molecular weight is 277 g/mol. The van der Waals surface area contributed by atoms with Crippen molar-refractivity contribution >= 4 is 17.8 Å². The van der Waals surface area contributed by atoms with E-state index in [2.05, 4.69) is 91.6 Å². The molecule has 0 heterocycles. The topological polar surface area (TPSA) is 3.24 Å². The second-order valence-corrected chi connectivity index (χ2v) is 4.89. The van der Waals surface area contributed by atoms with Crippen LogP contribution in [0.2, 0.25) is 0 Å². The molecule has 0 saturated heterocycles. The summed E-state index contributed by atoms with van der Waals surface area (Å²) in [7, 11) is 0. The molecule has 0 aliphatic carbocycles. The number of nitrogens with zero attached hydrogens (tertiary/aromatic N) is 1. The highest BCUT2D eigenvalue weighted by molar-refractivity contribution is 5.59. The van der Waals surface area contributed by atoms with Crippen LogP contribution in [0.4, 0.5) is 5.69 Å². The van der Waals surface area contributed by atoms with Crippen LogP contribution < -0.4 is 4.90 Å². The zero-order valence-corrected chi connectivity index (χ0v) is 12.9. The second kappa shape index (κ2) is 8.11. The molecule has 0 radical (unpaired) electrons. The van der Waals surface area contributed by atoms with Gasteiger partial charge in [0.15, 0.2) is 0 Å². The van der Waals surface area contributed by atoms with Crippen LogP contribution in [0.25, 0.3) is 12.2 Å². The van der Waals surface area contributed by atoms with E-state index in [1.807, 2.05) is 6.07 Å². The van der Waals surface area contributed by atoms with E-state index in [1.165, 1.54) is 16.8 Å². The molecule has 0 aromatic heterocycles. The van der Waals surface area contributed by atoms with Gasteiger partial charge in [0.2, 0.25) is 0 Å². The Bertz CT molecular complexity index is 575. The lowest BCUT2D eigenvalue weighted by molar-refractivity contribution is 0.866. The summed E-state index contributed by atoms with van der Waals surface area (Å²) >= 11 is 0. The van der Waals surface area contributed by atoms with Gasteiger partial charge in [-0.15, -0.1) is 0 Å². The zero-order chi connectivity index (χ0) is 14.9. The summed E-state index contributed by atoms with van der Waals surface area (Å²) in [6, 6.07) is 19.0. The predicted octanol–water partition coefficient (Wildman–Crippen LogP) is 5.26. The largest absolute Gasteiger partial charge is 0.372 e. The smallest absolute Gasteiger partial charge is 0.0366 e. The van der Waals surface area contributed by atoms with Crippen molar-refractivity contribution < 1.29 is 0 Å². The minimum Gasteiger partial charge on any atom is -0.372 e. The molecule has 1 nitrogen and oxygen atoms in total. The highest BCUT2D eigenvalue weighted by atomic mass is 15.1. The molecule has 2 aromatic rings. The van der Waals surface area contributed by atoms with Gasteiger partial charge in [0.05, 0.1) is 0 Å². The van der Waals surface area contributed by atoms with Crippen LogP contribution in [-0.4, -0.2) is 13.1 Å². The van der Waals surface area contributed by atoms with Gasteiger partial charge in [-0.05, 0) is 37.1 Å². The minimum atomic E-state index is 1.05. The summed E-state index contributed by atoms with van der Waals surface area (Å²) in [5.41, 5.74) is 3.74. The lowest BCUT2D eigenvalue weighted by Crippen LogP contribution is -2.21. The van der Waals surface area contributed by atoms with Gasteiger partial charge in [0.25, 0.3) is 0 Å². The van der Waals surface area contributed by atoms with Crippen LogP contribution in [0.3, 0.4) is 0 Å². The van der Waals surface area contributed by atoms with E-state index in [4.69, 9.17) is 0 Å². The molecule has 0 spiro atoms. The number of benzene rings is 2. The van der Waals surface area contributed by atoms with E-state index in [0.717, 1.165) is 13.1 Å². The molecule has 0 aliphatic heterocycles. The van der Waals surface area contributed by atoms with E-state index < -0.39 is 0 Å². The first-order chi connectivity index (χ1) is 10.3. The van der Waals surface area contributed by atoms with Gasteiger partial charge in [-0.1, -0.05) is 66.8 Å². The monoisotopic (exact) mass is 277 g/mol. The van der Waals surface area contributed by atoms with Crippen molar-refractivity contribution in [1.29, 1.82) is 0 Å². The van der Waals surface area contributed by atoms with Crippen molar-refractivity contribution in [3.8, 4) is 0 Å². The number of hydrogen-bond acceptors (Lipinski definition) is 1. The molecule has 0 unspecified atom stereocenters. The lowest BCUT2D eigenvalue weighted by atomic mass is 10.1. The number of hydrogen-bond donors (Lipinski definition) is 0. The minimum absolute atomic E-state index is 1.05. The molecular weight excluding hydrogens is 254 g/mol. The van der Waals surface area contributed by atoms with Crippen molar-refractivity contribution in [1.82, 2.24) is 0 Å². The molecule has 0 aliphatic rings. The van der Waals surface area contributed by atoms with E-state index in [-0.39, 0.29) is 0 Å². The Kier molecular flexibility index (Phi) is 5.83. The predicted molar refractivity (Wildman–Crippen MR) is 94.5 cm³/mol. The van der Waals surface area contributed by atoms with Crippen LogP contribution in [0, 0.1) is 0 Å². The van der Waals surface area contributed by atoms with Crippen molar-refractivity contribution in [3.05, 3.63) is 77.9 Å². The van der Waals surface area contributed by atoms with Gasteiger partial charge in [-0.2, -0.15) is 0 Å². The molecule has 0 N–H and O–H groups in total. The first kappa shape index (κ1) is 15.1. The van der Waals surface area contributed by atoms with Gasteiger partial charge in [-0.3, -0.25) is 0 Å². The van der Waals surface area contributed by atoms with Crippen LogP contribution >= 0.6 is 0 Å². The quantitative estimate of drug-likeness (QED) is 0.651. The Hall–Kier alpha value is -2.28. The molecular formula is C20H23N. The van der Waals surface area contributed by atoms with Crippen molar-refractivity contribution in [3.63, 3.8) is 0 Å². The van der Waals surface area contributed by atoms with E-state index in [1.54, 1.807) is 0 Å². The molecule has 2 aromatic carbocycles. The first-order valence-electron chi connectivity index (χ1n) is 7.58. The maximum Gasteiger partial charge on any atom is 0.0366 e. The Morgan fingerprint density at radius 1 is 0.714 bits per heavy atom. The third-order valence-electron chi connectivity index (χ3n) is 3.51. The fourth-order valence-corrected chi connectivity index (χ4v) is 2.28. The second-order valence-electron chi connectivity index (χ2n) is 4.89. The molecule has 0 atom stereocenters. The first-order valence-corrected chi connectivity index (χ1v) is 7.58. The molecule has 0 bridgehead atoms. The highest BCUT2D eigenvalue weighted by Gasteiger charge is 1.99. The van der Waals surface area contributed by atoms with E-state index >= 15 is 0 Å². The van der Waals surface area contributed by atoms with Gasteiger partial charge in [0, 0.05) is 18.8 Å². The molecule has 0 saturated carbocycles. The summed E-state index contributed by atoms with van der Waals surface area (Å²) in [6.07, 6.45) is 8.40. The van der Waals surface area contributed by atoms with Crippen LogP contribution in [0.5, 0.6) is 0 Å². The molecule has 108 valence electrons. The summed E-state index contributed by atoms with van der Waals surface area (Å²) in [6.45, 7) is 6.47. The number of allylic oxidation sites excluding steroid dienone is 2. The molecule has 0 amide bonds. The Morgan fingerprint density at radius 2 is 1.24 bits per heavy atom. The maximum atomic E-state index is 2.35. The van der Waals surface area contributed by atoms with Gasteiger partial charge < -0.3 is 4.90 Å². The van der Waals surface area contributed by atoms with Crippen LogP contribution in [-0.2, 0) is 0 Å². The molecule has 21 heavy (non-hydrogen) atoms. The zero-order valence-electron chi connectivity index (χ0n) is 12.9. The molecule has 0 fully saturated rings. The standard InChI is InChI=1S/C20H23N/c1-3-21(4-2)20-16-14-19(15-17-20)13-9-8-12-18-10-6-5-7-11-18/h5-17H,3-4H2,1-2H3/b12-8+,13-9-. The molecule has 2 rings (SSSR count). The average Bonchev–Trinajstić information content (AvgIpc) is 2.55. The Morgan fingerprint density at radius 3 is 1.76 bits per heavy atom. The third kappa shape index (κ3) is 4.64. The summed E-state index contributed by atoms with van der Waals surface area (Å²) < 4.78 is 0. The van der Waals surface area contributed by atoms with Crippen molar-refractivity contribution in [2.75, 3.05) is 18.0 Å². The van der Waals surface area contributed by atoms with E-state index in [0.29, 0.717) is 0 Å². The van der Waals surface area contributed by atoms with Crippen LogP contribution in [0.1, 0.15) is 25.0 Å². The fraction of sp³-hybridized carbons (Fsp3) is 0.200. The third-order valence-corrected chi connectivity index (χ3v) is 3.51. The summed E-state index contributed by atoms with van der Waals surface area (Å²) in [5.74, 6) is 0. The lowest BCUT2D eigenvalue weighted by Gasteiger charge is -2.20.